The highest BCUT2D eigenvalue weighted by Crippen LogP contribution is 2.43. The van der Waals surface area contributed by atoms with Crippen molar-refractivity contribution in [2.75, 3.05) is 0 Å². The van der Waals surface area contributed by atoms with Crippen LogP contribution in [0.1, 0.15) is 99.8 Å². The Kier molecular flexibility index (Phi) is 9.83. The van der Waals surface area contributed by atoms with Gasteiger partial charge in [-0.2, -0.15) is 0 Å². The maximum atomic E-state index is 2.57. The van der Waals surface area contributed by atoms with Crippen LogP contribution in [0.2, 0.25) is 0 Å². The lowest BCUT2D eigenvalue weighted by molar-refractivity contribution is 0.0886. The molecule has 19 heavy (non-hydrogen) atoms. The van der Waals surface area contributed by atoms with E-state index in [1.165, 1.54) is 51.4 Å². The molecule has 0 fully saturated rings. The fourth-order valence-corrected chi connectivity index (χ4v) is 3.35. The Hall–Kier alpha value is 0. The van der Waals surface area contributed by atoms with Crippen LogP contribution in [0.4, 0.5) is 0 Å². The van der Waals surface area contributed by atoms with Crippen molar-refractivity contribution < 1.29 is 0 Å². The molecular weight excluding hydrogens is 228 g/mol. The second kappa shape index (κ2) is 9.83. The summed E-state index contributed by atoms with van der Waals surface area (Å²) in [6, 6.07) is 0. The Balaban J connectivity index is 4.61. The first-order valence-electron chi connectivity index (χ1n) is 8.89. The maximum Gasteiger partial charge on any atom is -0.0298 e. The fourth-order valence-electron chi connectivity index (χ4n) is 3.35. The quantitative estimate of drug-likeness (QED) is 0.351. The molecule has 0 rings (SSSR count). The van der Waals surface area contributed by atoms with Gasteiger partial charge in [0.05, 0.1) is 0 Å². The Morgan fingerprint density at radius 1 is 0.737 bits per heavy atom. The van der Waals surface area contributed by atoms with Crippen LogP contribution >= 0.6 is 0 Å². The zero-order valence-electron chi connectivity index (χ0n) is 14.9. The minimum atomic E-state index is 0.564. The lowest BCUT2D eigenvalue weighted by Crippen LogP contribution is -2.32. The predicted octanol–water partition coefficient (Wildman–Crippen LogP) is 7.08. The lowest BCUT2D eigenvalue weighted by Gasteiger charge is -2.41. The van der Waals surface area contributed by atoms with E-state index < -0.39 is 0 Å². The molecule has 2 unspecified atom stereocenters. The standard InChI is InChI=1S/C19H40/c1-8-10-12-14-19(7,15-13-11-9-2)18(6)17(5)16(3)4/h16-18H,8-15H2,1-7H3. The smallest absolute Gasteiger partial charge is 0.0298 e. The summed E-state index contributed by atoms with van der Waals surface area (Å²) < 4.78 is 0. The van der Waals surface area contributed by atoms with Crippen molar-refractivity contribution in [3.63, 3.8) is 0 Å². The van der Waals surface area contributed by atoms with Gasteiger partial charge in [0.2, 0.25) is 0 Å². The SMILES string of the molecule is CCCCCC(C)(CCCCC)C(C)C(C)C(C)C. The van der Waals surface area contributed by atoms with E-state index in [0.717, 1.165) is 17.8 Å². The van der Waals surface area contributed by atoms with Gasteiger partial charge in [-0.15, -0.1) is 0 Å². The molecule has 0 aliphatic carbocycles. The van der Waals surface area contributed by atoms with Gasteiger partial charge >= 0.3 is 0 Å². The van der Waals surface area contributed by atoms with E-state index in [9.17, 15) is 0 Å². The molecule has 0 aromatic rings. The molecule has 0 saturated heterocycles. The summed E-state index contributed by atoms with van der Waals surface area (Å²) in [5.41, 5.74) is 0.564. The first kappa shape index (κ1) is 19.0. The summed E-state index contributed by atoms with van der Waals surface area (Å²) in [6.45, 7) is 17.0. The molecule has 0 aromatic heterocycles. The maximum absolute atomic E-state index is 2.57. The molecule has 0 nitrogen and oxygen atoms in total. The molecule has 0 bridgehead atoms. The number of hydrogen-bond donors (Lipinski definition) is 0. The van der Waals surface area contributed by atoms with Crippen molar-refractivity contribution in [3.05, 3.63) is 0 Å². The Morgan fingerprint density at radius 2 is 1.16 bits per heavy atom. The molecular formula is C19H40. The summed E-state index contributed by atoms with van der Waals surface area (Å²) >= 11 is 0. The van der Waals surface area contributed by atoms with Crippen LogP contribution in [0.25, 0.3) is 0 Å². The van der Waals surface area contributed by atoms with Gasteiger partial charge in [0.1, 0.15) is 0 Å². The summed E-state index contributed by atoms with van der Waals surface area (Å²) in [4.78, 5) is 0. The van der Waals surface area contributed by atoms with E-state index in [2.05, 4.69) is 48.5 Å². The van der Waals surface area contributed by atoms with Gasteiger partial charge in [0.25, 0.3) is 0 Å². The summed E-state index contributed by atoms with van der Waals surface area (Å²) in [7, 11) is 0. The van der Waals surface area contributed by atoms with Crippen molar-refractivity contribution in [1.29, 1.82) is 0 Å². The second-order valence-electron chi connectivity index (χ2n) is 7.46. The van der Waals surface area contributed by atoms with Crippen molar-refractivity contribution in [1.82, 2.24) is 0 Å². The molecule has 0 heterocycles. The third-order valence-corrected chi connectivity index (χ3v) is 5.64. The normalized spacial score (nSPS) is 15.8. The molecule has 2 atom stereocenters. The van der Waals surface area contributed by atoms with Gasteiger partial charge in [0.15, 0.2) is 0 Å². The molecule has 116 valence electrons. The van der Waals surface area contributed by atoms with Crippen LogP contribution in [0.5, 0.6) is 0 Å². The molecule has 0 heteroatoms. The van der Waals surface area contributed by atoms with E-state index in [1.54, 1.807) is 0 Å². The van der Waals surface area contributed by atoms with Crippen LogP contribution in [-0.2, 0) is 0 Å². The average Bonchev–Trinajstić information content (AvgIpc) is 2.37. The van der Waals surface area contributed by atoms with Crippen molar-refractivity contribution >= 4 is 0 Å². The molecule has 0 amide bonds. The predicted molar refractivity (Wildman–Crippen MR) is 89.6 cm³/mol. The monoisotopic (exact) mass is 268 g/mol. The first-order valence-corrected chi connectivity index (χ1v) is 8.89. The average molecular weight is 269 g/mol. The molecule has 0 aromatic carbocycles. The highest BCUT2D eigenvalue weighted by molar-refractivity contribution is 4.84. The number of unbranched alkanes of at least 4 members (excludes halogenated alkanes) is 4. The van der Waals surface area contributed by atoms with Crippen molar-refractivity contribution in [2.45, 2.75) is 99.8 Å². The summed E-state index contributed by atoms with van der Waals surface area (Å²) in [5.74, 6) is 2.50. The van der Waals surface area contributed by atoms with E-state index in [1.807, 2.05) is 0 Å². The van der Waals surface area contributed by atoms with Gasteiger partial charge in [-0.1, -0.05) is 87.0 Å². The molecule has 0 spiro atoms. The van der Waals surface area contributed by atoms with Gasteiger partial charge in [-0.25, -0.2) is 0 Å². The minimum absolute atomic E-state index is 0.564. The highest BCUT2D eigenvalue weighted by atomic mass is 14.4. The van der Waals surface area contributed by atoms with E-state index in [4.69, 9.17) is 0 Å². The van der Waals surface area contributed by atoms with Crippen LogP contribution in [0.15, 0.2) is 0 Å². The third-order valence-electron chi connectivity index (χ3n) is 5.64. The topological polar surface area (TPSA) is 0 Å². The van der Waals surface area contributed by atoms with E-state index in [-0.39, 0.29) is 0 Å². The van der Waals surface area contributed by atoms with Crippen LogP contribution in [0.3, 0.4) is 0 Å². The summed E-state index contributed by atoms with van der Waals surface area (Å²) in [6.07, 6.45) is 11.2. The molecule has 0 N–H and O–H groups in total. The van der Waals surface area contributed by atoms with Gasteiger partial charge < -0.3 is 0 Å². The molecule has 0 aliphatic rings. The Morgan fingerprint density at radius 3 is 1.47 bits per heavy atom. The molecule has 0 aliphatic heterocycles. The largest absolute Gasteiger partial charge is 0.0654 e. The van der Waals surface area contributed by atoms with E-state index >= 15 is 0 Å². The first-order chi connectivity index (χ1) is 8.89. The van der Waals surface area contributed by atoms with Gasteiger partial charge in [0, 0.05) is 0 Å². The van der Waals surface area contributed by atoms with Crippen LogP contribution in [0, 0.1) is 23.2 Å². The number of hydrogen-bond acceptors (Lipinski definition) is 0. The van der Waals surface area contributed by atoms with Crippen molar-refractivity contribution in [2.24, 2.45) is 23.2 Å². The van der Waals surface area contributed by atoms with Crippen LogP contribution < -0.4 is 0 Å². The zero-order chi connectivity index (χ0) is 14.9. The summed E-state index contributed by atoms with van der Waals surface area (Å²) in [5, 5.41) is 0. The minimum Gasteiger partial charge on any atom is -0.0654 e. The van der Waals surface area contributed by atoms with Crippen molar-refractivity contribution in [3.8, 4) is 0 Å². The number of rotatable bonds is 11. The Bertz CT molecular complexity index is 194. The second-order valence-corrected chi connectivity index (χ2v) is 7.46. The van der Waals surface area contributed by atoms with Gasteiger partial charge in [-0.05, 0) is 36.0 Å². The van der Waals surface area contributed by atoms with E-state index in [0.29, 0.717) is 5.41 Å². The highest BCUT2D eigenvalue weighted by Gasteiger charge is 2.34. The molecule has 0 saturated carbocycles. The lowest BCUT2D eigenvalue weighted by atomic mass is 9.64. The van der Waals surface area contributed by atoms with Crippen LogP contribution in [-0.4, -0.2) is 0 Å². The Labute approximate surface area is 123 Å². The third kappa shape index (κ3) is 6.82. The zero-order valence-corrected chi connectivity index (χ0v) is 14.9. The molecule has 0 radical (unpaired) electrons. The van der Waals surface area contributed by atoms with Gasteiger partial charge in [-0.3, -0.25) is 0 Å². The fraction of sp³-hybridized carbons (Fsp3) is 1.00.